The lowest BCUT2D eigenvalue weighted by atomic mass is 10.2. The highest BCUT2D eigenvalue weighted by atomic mass is 16.6. The number of hydrogen-bond donors (Lipinski definition) is 0. The summed E-state index contributed by atoms with van der Waals surface area (Å²) in [6.45, 7) is 1.63. The number of carbonyl (C=O) groups excluding carboxylic acids is 2. The quantitative estimate of drug-likeness (QED) is 0.702. The molecular formula is C11H12O4. The van der Waals surface area contributed by atoms with Crippen LogP contribution < -0.4 is 0 Å². The first-order valence-corrected chi connectivity index (χ1v) is 4.62. The lowest BCUT2D eigenvalue weighted by Crippen LogP contribution is -2.16. The van der Waals surface area contributed by atoms with Crippen LogP contribution in [-0.2, 0) is 14.3 Å². The second-order valence-corrected chi connectivity index (χ2v) is 2.75. The number of esters is 2. The minimum absolute atomic E-state index is 0.279. The third-order valence-electron chi connectivity index (χ3n) is 1.64. The van der Waals surface area contributed by atoms with Crippen LogP contribution in [0.3, 0.4) is 0 Å². The molecule has 1 aromatic carbocycles. The lowest BCUT2D eigenvalue weighted by molar-refractivity contribution is -0.146. The van der Waals surface area contributed by atoms with Crippen LogP contribution in [0.2, 0.25) is 0 Å². The standard InChI is InChI=1S/C11H12O4/c1-2-14-10(12)8-15-11(13)9-6-4-3-5-7-9/h3-7H,2,8H2,1H3. The van der Waals surface area contributed by atoms with Crippen LogP contribution >= 0.6 is 0 Å². The molecule has 0 aliphatic rings. The van der Waals surface area contributed by atoms with E-state index in [-0.39, 0.29) is 13.2 Å². The van der Waals surface area contributed by atoms with Crippen molar-refractivity contribution in [1.29, 1.82) is 0 Å². The molecule has 0 bridgehead atoms. The third kappa shape index (κ3) is 3.81. The maximum atomic E-state index is 11.3. The zero-order chi connectivity index (χ0) is 11.1. The first kappa shape index (κ1) is 11.2. The molecule has 0 aliphatic carbocycles. The number of hydrogen-bond acceptors (Lipinski definition) is 4. The van der Waals surface area contributed by atoms with Gasteiger partial charge in [0.15, 0.2) is 6.61 Å². The molecule has 1 aromatic rings. The van der Waals surface area contributed by atoms with E-state index in [2.05, 4.69) is 4.74 Å². The van der Waals surface area contributed by atoms with Gasteiger partial charge in [-0.05, 0) is 19.1 Å². The van der Waals surface area contributed by atoms with Crippen molar-refractivity contribution in [2.75, 3.05) is 13.2 Å². The SMILES string of the molecule is CCOC(=O)COC(=O)c1ccccc1. The molecule has 0 aliphatic heterocycles. The monoisotopic (exact) mass is 208 g/mol. The lowest BCUT2D eigenvalue weighted by Gasteiger charge is -2.03. The van der Waals surface area contributed by atoms with Gasteiger partial charge in [-0.3, -0.25) is 0 Å². The van der Waals surface area contributed by atoms with Gasteiger partial charge >= 0.3 is 11.9 Å². The van der Waals surface area contributed by atoms with Crippen molar-refractivity contribution in [3.05, 3.63) is 35.9 Å². The molecule has 4 heteroatoms. The number of ether oxygens (including phenoxy) is 2. The van der Waals surface area contributed by atoms with Crippen LogP contribution in [0.1, 0.15) is 17.3 Å². The summed E-state index contributed by atoms with van der Waals surface area (Å²) in [6.07, 6.45) is 0. The van der Waals surface area contributed by atoms with Gasteiger partial charge in [-0.1, -0.05) is 18.2 Å². The Labute approximate surface area is 87.8 Å². The number of carbonyl (C=O) groups is 2. The Morgan fingerprint density at radius 3 is 2.40 bits per heavy atom. The molecule has 0 unspecified atom stereocenters. The second-order valence-electron chi connectivity index (χ2n) is 2.75. The Hall–Kier alpha value is -1.84. The van der Waals surface area contributed by atoms with Gasteiger partial charge in [0.2, 0.25) is 0 Å². The molecule has 0 atom stereocenters. The summed E-state index contributed by atoms with van der Waals surface area (Å²) in [5.41, 5.74) is 0.418. The smallest absolute Gasteiger partial charge is 0.344 e. The van der Waals surface area contributed by atoms with Gasteiger partial charge in [0.05, 0.1) is 12.2 Å². The second kappa shape index (κ2) is 5.80. The van der Waals surface area contributed by atoms with Crippen molar-refractivity contribution >= 4 is 11.9 Å². The van der Waals surface area contributed by atoms with Crippen LogP contribution in [0.25, 0.3) is 0 Å². The summed E-state index contributed by atoms with van der Waals surface area (Å²) >= 11 is 0. The summed E-state index contributed by atoms with van der Waals surface area (Å²) in [5, 5.41) is 0. The van der Waals surface area contributed by atoms with E-state index in [1.165, 1.54) is 0 Å². The molecule has 0 radical (unpaired) electrons. The van der Waals surface area contributed by atoms with Crippen molar-refractivity contribution in [3.8, 4) is 0 Å². The molecule has 1 rings (SSSR count). The Balaban J connectivity index is 2.40. The van der Waals surface area contributed by atoms with E-state index in [1.807, 2.05) is 0 Å². The molecule has 15 heavy (non-hydrogen) atoms. The van der Waals surface area contributed by atoms with Gasteiger partial charge in [-0.25, -0.2) is 9.59 Å². The molecule has 0 fully saturated rings. The van der Waals surface area contributed by atoms with Crippen LogP contribution in [0, 0.1) is 0 Å². The Bertz CT molecular complexity index is 332. The van der Waals surface area contributed by atoms with Gasteiger partial charge < -0.3 is 9.47 Å². The predicted octanol–water partition coefficient (Wildman–Crippen LogP) is 1.41. The van der Waals surface area contributed by atoms with Crippen LogP contribution in [0.15, 0.2) is 30.3 Å². The minimum atomic E-state index is -0.540. The van der Waals surface area contributed by atoms with Gasteiger partial charge in [0, 0.05) is 0 Å². The molecule has 0 spiro atoms. The van der Waals surface area contributed by atoms with E-state index >= 15 is 0 Å². The summed E-state index contributed by atoms with van der Waals surface area (Å²) in [4.78, 5) is 22.2. The highest BCUT2D eigenvalue weighted by molar-refractivity contribution is 5.90. The van der Waals surface area contributed by atoms with Gasteiger partial charge in [0.25, 0.3) is 0 Å². The highest BCUT2D eigenvalue weighted by Gasteiger charge is 2.09. The fourth-order valence-electron chi connectivity index (χ4n) is 0.985. The molecule has 0 aromatic heterocycles. The van der Waals surface area contributed by atoms with Gasteiger partial charge in [-0.2, -0.15) is 0 Å². The normalized spacial score (nSPS) is 9.40. The maximum absolute atomic E-state index is 11.3. The first-order valence-electron chi connectivity index (χ1n) is 4.62. The molecular weight excluding hydrogens is 196 g/mol. The van der Waals surface area contributed by atoms with Crippen molar-refractivity contribution in [3.63, 3.8) is 0 Å². The topological polar surface area (TPSA) is 52.6 Å². The van der Waals surface area contributed by atoms with E-state index in [1.54, 1.807) is 37.3 Å². The third-order valence-corrected chi connectivity index (χ3v) is 1.64. The van der Waals surface area contributed by atoms with E-state index in [4.69, 9.17) is 4.74 Å². The zero-order valence-electron chi connectivity index (χ0n) is 8.43. The van der Waals surface area contributed by atoms with Crippen LogP contribution in [0.5, 0.6) is 0 Å². The molecule has 0 N–H and O–H groups in total. The molecule has 4 nitrogen and oxygen atoms in total. The predicted molar refractivity (Wildman–Crippen MR) is 53.4 cm³/mol. The van der Waals surface area contributed by atoms with Gasteiger partial charge in [-0.15, -0.1) is 0 Å². The Morgan fingerprint density at radius 2 is 1.80 bits per heavy atom. The Morgan fingerprint density at radius 1 is 1.13 bits per heavy atom. The van der Waals surface area contributed by atoms with Crippen molar-refractivity contribution in [2.45, 2.75) is 6.92 Å². The minimum Gasteiger partial charge on any atom is -0.463 e. The first-order chi connectivity index (χ1) is 7.24. The summed E-state index contributed by atoms with van der Waals surface area (Å²) < 4.78 is 9.34. The van der Waals surface area contributed by atoms with Gasteiger partial charge in [0.1, 0.15) is 0 Å². The average Bonchev–Trinajstić information content (AvgIpc) is 2.27. The molecule has 0 amide bonds. The number of rotatable bonds is 4. The molecule has 0 saturated carbocycles. The van der Waals surface area contributed by atoms with Crippen molar-refractivity contribution in [2.24, 2.45) is 0 Å². The Kier molecular flexibility index (Phi) is 4.34. The fraction of sp³-hybridized carbons (Fsp3) is 0.273. The van der Waals surface area contributed by atoms with E-state index < -0.39 is 11.9 Å². The largest absolute Gasteiger partial charge is 0.463 e. The van der Waals surface area contributed by atoms with E-state index in [0.717, 1.165) is 0 Å². The zero-order valence-corrected chi connectivity index (χ0v) is 8.43. The van der Waals surface area contributed by atoms with Crippen molar-refractivity contribution < 1.29 is 19.1 Å². The van der Waals surface area contributed by atoms with Crippen molar-refractivity contribution in [1.82, 2.24) is 0 Å². The van der Waals surface area contributed by atoms with Crippen LogP contribution in [-0.4, -0.2) is 25.2 Å². The highest BCUT2D eigenvalue weighted by Crippen LogP contribution is 2.00. The van der Waals surface area contributed by atoms with Crippen LogP contribution in [0.4, 0.5) is 0 Å². The average molecular weight is 208 g/mol. The van der Waals surface area contributed by atoms with E-state index in [0.29, 0.717) is 5.56 Å². The summed E-state index contributed by atoms with van der Waals surface area (Å²) in [6, 6.07) is 8.48. The van der Waals surface area contributed by atoms with E-state index in [9.17, 15) is 9.59 Å². The summed E-state index contributed by atoms with van der Waals surface area (Å²) in [5.74, 6) is -1.06. The molecule has 80 valence electrons. The maximum Gasteiger partial charge on any atom is 0.344 e. The molecule has 0 heterocycles. The summed E-state index contributed by atoms with van der Waals surface area (Å²) in [7, 11) is 0. The number of benzene rings is 1. The molecule has 0 saturated heterocycles. The fourth-order valence-corrected chi connectivity index (χ4v) is 0.985.